The minimum Gasteiger partial charge on any atom is -0.665 e. The average molecular weight is 249 g/mol. The van der Waals surface area contributed by atoms with Crippen LogP contribution in [0.4, 0.5) is 0 Å². The maximum absolute atomic E-state index is 3.97. The number of hydrogen-bond acceptors (Lipinski definition) is 0. The zero-order valence-electron chi connectivity index (χ0n) is 9.85. The molecule has 0 aromatic carbocycles. The first-order valence-electron chi connectivity index (χ1n) is 4.97. The van der Waals surface area contributed by atoms with Crippen LogP contribution in [0.3, 0.4) is 0 Å². The van der Waals surface area contributed by atoms with Gasteiger partial charge in [-0.1, -0.05) is 53.9 Å². The van der Waals surface area contributed by atoms with Crippen LogP contribution in [0, 0.1) is 0 Å². The van der Waals surface area contributed by atoms with Crippen LogP contribution in [0.25, 0.3) is 5.32 Å². The summed E-state index contributed by atoms with van der Waals surface area (Å²) in [5, 5.41) is 3.97. The number of unbranched alkanes of at least 4 members (excludes halogenated alkanes) is 2. The Hall–Kier alpha value is 1.06. The van der Waals surface area contributed by atoms with E-state index >= 15 is 0 Å². The van der Waals surface area contributed by atoms with Gasteiger partial charge in [0.2, 0.25) is 0 Å². The largest absolute Gasteiger partial charge is 0.665 e. The molecular formula is C10H26NY-. The van der Waals surface area contributed by atoms with E-state index < -0.39 is 0 Å². The Balaban J connectivity index is -0.0000000560. The summed E-state index contributed by atoms with van der Waals surface area (Å²) in [6, 6.07) is 0. The number of hydrogen-bond donors (Lipinski definition) is 0. The Morgan fingerprint density at radius 3 is 1.58 bits per heavy atom. The second-order valence-electron chi connectivity index (χ2n) is 1.75. The molecule has 0 aliphatic heterocycles. The molecule has 12 heavy (non-hydrogen) atoms. The van der Waals surface area contributed by atoms with E-state index in [1.807, 2.05) is 34.7 Å². The van der Waals surface area contributed by atoms with E-state index in [9.17, 15) is 0 Å². The molecule has 0 saturated carbocycles. The van der Waals surface area contributed by atoms with Gasteiger partial charge in [0.05, 0.1) is 0 Å². The van der Waals surface area contributed by atoms with E-state index in [1.54, 1.807) is 0 Å². The molecule has 75 valence electrons. The molecule has 1 nitrogen and oxygen atoms in total. The molecule has 0 spiro atoms. The molecule has 0 saturated heterocycles. The summed E-state index contributed by atoms with van der Waals surface area (Å²) < 4.78 is 0. The second-order valence-corrected chi connectivity index (χ2v) is 1.75. The molecule has 0 heterocycles. The van der Waals surface area contributed by atoms with E-state index in [-0.39, 0.29) is 32.7 Å². The van der Waals surface area contributed by atoms with Gasteiger partial charge in [-0.15, -0.1) is 6.54 Å². The maximum atomic E-state index is 3.97. The van der Waals surface area contributed by atoms with Gasteiger partial charge in [0.1, 0.15) is 0 Å². The third-order valence-corrected chi connectivity index (χ3v) is 0.985. The normalized spacial score (nSPS) is 6.50. The van der Waals surface area contributed by atoms with Crippen molar-refractivity contribution in [2.75, 3.05) is 13.6 Å². The van der Waals surface area contributed by atoms with Gasteiger partial charge in [-0.05, 0) is 0 Å². The molecule has 1 radical (unpaired) electrons. The molecular weight excluding hydrogens is 223 g/mol. The summed E-state index contributed by atoms with van der Waals surface area (Å²) in [5.41, 5.74) is 0. The molecule has 0 amide bonds. The van der Waals surface area contributed by atoms with Crippen molar-refractivity contribution in [3.63, 3.8) is 0 Å². The predicted molar refractivity (Wildman–Crippen MR) is 56.4 cm³/mol. The van der Waals surface area contributed by atoms with E-state index in [0.717, 1.165) is 6.54 Å². The summed E-state index contributed by atoms with van der Waals surface area (Å²) >= 11 is 0. The third-order valence-electron chi connectivity index (χ3n) is 0.985. The van der Waals surface area contributed by atoms with Crippen molar-refractivity contribution < 1.29 is 32.7 Å². The predicted octanol–water partition coefficient (Wildman–Crippen LogP) is 4.23. The first-order valence-corrected chi connectivity index (χ1v) is 4.97. The Bertz CT molecular complexity index is 29.0. The zero-order chi connectivity index (χ0) is 9.54. The summed E-state index contributed by atoms with van der Waals surface area (Å²) in [7, 11) is 1.87. The van der Waals surface area contributed by atoms with Crippen LogP contribution >= 0.6 is 0 Å². The van der Waals surface area contributed by atoms with Crippen molar-refractivity contribution >= 4 is 0 Å². The quantitative estimate of drug-likeness (QED) is 0.662. The smallest absolute Gasteiger partial charge is 0 e. The molecule has 0 rings (SSSR count). The second kappa shape index (κ2) is 40.2. The van der Waals surface area contributed by atoms with Gasteiger partial charge in [-0.2, -0.15) is 7.05 Å². The minimum atomic E-state index is 0. The molecule has 0 fully saturated rings. The van der Waals surface area contributed by atoms with Crippen LogP contribution in [-0.4, -0.2) is 13.6 Å². The molecule has 0 N–H and O–H groups in total. The van der Waals surface area contributed by atoms with Gasteiger partial charge in [-0.3, -0.25) is 0 Å². The van der Waals surface area contributed by atoms with E-state index in [1.165, 1.54) is 19.3 Å². The van der Waals surface area contributed by atoms with Crippen LogP contribution < -0.4 is 0 Å². The van der Waals surface area contributed by atoms with Crippen LogP contribution in [0.15, 0.2) is 0 Å². The van der Waals surface area contributed by atoms with Gasteiger partial charge in [0.15, 0.2) is 0 Å². The molecule has 2 heteroatoms. The van der Waals surface area contributed by atoms with Crippen LogP contribution in [-0.2, 0) is 32.7 Å². The van der Waals surface area contributed by atoms with Crippen molar-refractivity contribution in [1.82, 2.24) is 0 Å². The number of rotatable bonds is 4. The Kier molecular flexibility index (Phi) is 77.5. The van der Waals surface area contributed by atoms with E-state index in [2.05, 4.69) is 12.2 Å². The third kappa shape index (κ3) is 43.7. The Labute approximate surface area is 105 Å². The first-order chi connectivity index (χ1) is 5.41. The van der Waals surface area contributed by atoms with Crippen molar-refractivity contribution in [3.05, 3.63) is 5.32 Å². The minimum absolute atomic E-state index is 0. The summed E-state index contributed by atoms with van der Waals surface area (Å²) in [5.74, 6) is 0. The standard InChI is InChI=1S/C6H14N.2C2H6.Y/c1-3-4-5-6-7-2;2*1-2;/h3-6H2,1-2H3;2*1-2H3;/q-1;;;. The molecule has 0 aromatic heterocycles. The zero-order valence-corrected chi connectivity index (χ0v) is 12.7. The monoisotopic (exact) mass is 249 g/mol. The van der Waals surface area contributed by atoms with Crippen LogP contribution in [0.5, 0.6) is 0 Å². The fourth-order valence-electron chi connectivity index (χ4n) is 0.520. The maximum Gasteiger partial charge on any atom is 0 e. The fourth-order valence-corrected chi connectivity index (χ4v) is 0.520. The molecule has 0 atom stereocenters. The number of nitrogens with zero attached hydrogens (tertiary/aromatic N) is 1. The summed E-state index contributed by atoms with van der Waals surface area (Å²) in [6.07, 6.45) is 3.90. The molecule has 0 aliphatic rings. The summed E-state index contributed by atoms with van der Waals surface area (Å²) in [4.78, 5) is 0. The van der Waals surface area contributed by atoms with Crippen LogP contribution in [0.2, 0.25) is 0 Å². The van der Waals surface area contributed by atoms with Crippen molar-refractivity contribution in [1.29, 1.82) is 0 Å². The van der Waals surface area contributed by atoms with Crippen LogP contribution in [0.1, 0.15) is 53.9 Å². The Morgan fingerprint density at radius 1 is 0.917 bits per heavy atom. The Morgan fingerprint density at radius 2 is 1.33 bits per heavy atom. The van der Waals surface area contributed by atoms with Crippen molar-refractivity contribution in [2.45, 2.75) is 53.9 Å². The topological polar surface area (TPSA) is 14.1 Å². The molecule has 0 aliphatic carbocycles. The van der Waals surface area contributed by atoms with Gasteiger partial charge in [0, 0.05) is 32.7 Å². The van der Waals surface area contributed by atoms with Crippen molar-refractivity contribution in [2.24, 2.45) is 0 Å². The van der Waals surface area contributed by atoms with E-state index in [0.29, 0.717) is 0 Å². The van der Waals surface area contributed by atoms with Gasteiger partial charge < -0.3 is 5.32 Å². The fraction of sp³-hybridized carbons (Fsp3) is 1.00. The van der Waals surface area contributed by atoms with E-state index in [4.69, 9.17) is 0 Å². The van der Waals surface area contributed by atoms with Crippen molar-refractivity contribution in [3.8, 4) is 0 Å². The van der Waals surface area contributed by atoms with Gasteiger partial charge in [-0.25, -0.2) is 0 Å². The molecule has 0 unspecified atom stereocenters. The molecule has 0 aromatic rings. The van der Waals surface area contributed by atoms with Gasteiger partial charge >= 0.3 is 0 Å². The average Bonchev–Trinajstić information content (AvgIpc) is 2.13. The first kappa shape index (κ1) is 23.1. The SMILES string of the molecule is CC.CC.CCCCC[N-]C.[Y]. The van der Waals surface area contributed by atoms with Gasteiger partial charge in [0.25, 0.3) is 0 Å². The molecule has 0 bridgehead atoms. The summed E-state index contributed by atoms with van der Waals surface area (Å²) in [6.45, 7) is 11.3.